The van der Waals surface area contributed by atoms with Crippen LogP contribution in [0.15, 0.2) is 12.1 Å². The molecule has 0 saturated heterocycles. The molecular formula is C13H12Cl2N2. The van der Waals surface area contributed by atoms with Gasteiger partial charge in [0, 0.05) is 5.92 Å². The molecule has 1 heterocycles. The van der Waals surface area contributed by atoms with Crippen LogP contribution in [0.2, 0.25) is 10.0 Å². The summed E-state index contributed by atoms with van der Waals surface area (Å²) in [5, 5.41) is 1.16. The average molecular weight is 267 g/mol. The molecule has 1 aromatic carbocycles. The van der Waals surface area contributed by atoms with Crippen molar-refractivity contribution in [2.24, 2.45) is 11.8 Å². The van der Waals surface area contributed by atoms with E-state index in [0.717, 1.165) is 28.7 Å². The van der Waals surface area contributed by atoms with Crippen molar-refractivity contribution in [3.05, 3.63) is 28.0 Å². The molecule has 2 atom stereocenters. The van der Waals surface area contributed by atoms with Crippen LogP contribution in [0.4, 0.5) is 0 Å². The maximum absolute atomic E-state index is 6.01. The van der Waals surface area contributed by atoms with E-state index in [1.54, 1.807) is 0 Å². The summed E-state index contributed by atoms with van der Waals surface area (Å²) in [6.07, 6.45) is 4.03. The van der Waals surface area contributed by atoms with Gasteiger partial charge < -0.3 is 4.98 Å². The molecular weight excluding hydrogens is 255 g/mol. The number of aromatic nitrogens is 2. The fourth-order valence-electron chi connectivity index (χ4n) is 3.16. The fraction of sp³-hybridized carbons (Fsp3) is 0.462. The Morgan fingerprint density at radius 3 is 2.53 bits per heavy atom. The minimum Gasteiger partial charge on any atom is -0.342 e. The van der Waals surface area contributed by atoms with E-state index < -0.39 is 0 Å². The van der Waals surface area contributed by atoms with Gasteiger partial charge >= 0.3 is 0 Å². The number of fused-ring (bicyclic) bond motifs is 2. The number of imidazole rings is 1. The number of hydrogen-bond acceptors (Lipinski definition) is 1. The first-order valence-corrected chi connectivity index (χ1v) is 6.81. The van der Waals surface area contributed by atoms with Gasteiger partial charge in [0.2, 0.25) is 0 Å². The van der Waals surface area contributed by atoms with Crippen LogP contribution in [0.1, 0.15) is 31.0 Å². The van der Waals surface area contributed by atoms with Gasteiger partial charge in [-0.15, -0.1) is 0 Å². The number of nitrogens with zero attached hydrogens (tertiary/aromatic N) is 1. The molecule has 2 aromatic rings. The highest BCUT2D eigenvalue weighted by Gasteiger charge is 2.46. The number of nitrogens with one attached hydrogen (secondary N) is 1. The summed E-state index contributed by atoms with van der Waals surface area (Å²) in [5.74, 6) is 3.68. The van der Waals surface area contributed by atoms with Crippen LogP contribution in [-0.4, -0.2) is 9.97 Å². The van der Waals surface area contributed by atoms with Gasteiger partial charge in [0.25, 0.3) is 0 Å². The van der Waals surface area contributed by atoms with Gasteiger partial charge in [-0.05, 0) is 43.2 Å². The second kappa shape index (κ2) is 3.39. The van der Waals surface area contributed by atoms with E-state index in [1.807, 2.05) is 12.1 Å². The molecule has 2 fully saturated rings. The van der Waals surface area contributed by atoms with E-state index in [4.69, 9.17) is 23.2 Å². The number of aromatic amines is 1. The maximum Gasteiger partial charge on any atom is 0.110 e. The Hall–Kier alpha value is -0.730. The highest BCUT2D eigenvalue weighted by Crippen LogP contribution is 2.57. The van der Waals surface area contributed by atoms with Gasteiger partial charge in [-0.1, -0.05) is 23.2 Å². The molecule has 1 aromatic heterocycles. The highest BCUT2D eigenvalue weighted by atomic mass is 35.5. The summed E-state index contributed by atoms with van der Waals surface area (Å²) in [5.41, 5.74) is 1.92. The van der Waals surface area contributed by atoms with Crippen LogP contribution in [0.25, 0.3) is 11.0 Å². The zero-order valence-electron chi connectivity index (χ0n) is 9.21. The normalized spacial score (nSPS) is 30.8. The van der Waals surface area contributed by atoms with Gasteiger partial charge in [-0.2, -0.15) is 0 Å². The Balaban J connectivity index is 1.76. The van der Waals surface area contributed by atoms with E-state index in [2.05, 4.69) is 9.97 Å². The molecule has 4 heteroatoms. The van der Waals surface area contributed by atoms with Crippen molar-refractivity contribution >= 4 is 34.2 Å². The predicted molar refractivity (Wildman–Crippen MR) is 69.7 cm³/mol. The standard InChI is InChI=1S/C13H12Cl2N2/c14-9-4-11-12(5-10(9)15)17-13(16-11)8-2-6-1-7(6)3-8/h4-8H,1-3H2,(H,16,17). The zero-order chi connectivity index (χ0) is 11.6. The third-order valence-corrected chi connectivity index (χ3v) is 4.89. The highest BCUT2D eigenvalue weighted by molar-refractivity contribution is 6.42. The monoisotopic (exact) mass is 266 g/mol. The van der Waals surface area contributed by atoms with Gasteiger partial charge in [-0.3, -0.25) is 0 Å². The largest absolute Gasteiger partial charge is 0.342 e. The van der Waals surface area contributed by atoms with Crippen LogP contribution < -0.4 is 0 Å². The van der Waals surface area contributed by atoms with Crippen LogP contribution in [0.5, 0.6) is 0 Å². The molecule has 0 aliphatic heterocycles. The lowest BCUT2D eigenvalue weighted by Crippen LogP contribution is -1.97. The van der Waals surface area contributed by atoms with Gasteiger partial charge in [0.05, 0.1) is 21.1 Å². The minimum atomic E-state index is 0.575. The Kier molecular flexibility index (Phi) is 2.04. The van der Waals surface area contributed by atoms with Crippen molar-refractivity contribution in [1.29, 1.82) is 0 Å². The van der Waals surface area contributed by atoms with Crippen LogP contribution in [0, 0.1) is 11.8 Å². The quantitative estimate of drug-likeness (QED) is 0.815. The van der Waals surface area contributed by atoms with E-state index >= 15 is 0 Å². The summed E-state index contributed by atoms with van der Waals surface area (Å²) in [6.45, 7) is 0. The molecule has 0 spiro atoms. The lowest BCUT2D eigenvalue weighted by molar-refractivity contribution is 0.597. The second-order valence-corrected chi connectivity index (χ2v) is 6.14. The molecule has 2 nitrogen and oxygen atoms in total. The molecule has 0 radical (unpaired) electrons. The molecule has 0 bridgehead atoms. The van der Waals surface area contributed by atoms with E-state index in [1.165, 1.54) is 19.3 Å². The van der Waals surface area contributed by atoms with Gasteiger partial charge in [0.1, 0.15) is 5.82 Å². The Morgan fingerprint density at radius 1 is 1.06 bits per heavy atom. The number of H-pyrrole nitrogens is 1. The average Bonchev–Trinajstić information content (AvgIpc) is 2.74. The van der Waals surface area contributed by atoms with Crippen molar-refractivity contribution in [3.63, 3.8) is 0 Å². The molecule has 88 valence electrons. The molecule has 2 saturated carbocycles. The minimum absolute atomic E-state index is 0.575. The third kappa shape index (κ3) is 1.58. The fourth-order valence-corrected chi connectivity index (χ4v) is 3.48. The van der Waals surface area contributed by atoms with Crippen LogP contribution >= 0.6 is 23.2 Å². The summed E-state index contributed by atoms with van der Waals surface area (Å²) in [6, 6.07) is 3.71. The van der Waals surface area contributed by atoms with Crippen LogP contribution in [-0.2, 0) is 0 Å². The molecule has 4 rings (SSSR count). The number of benzene rings is 1. The smallest absolute Gasteiger partial charge is 0.110 e. The lowest BCUT2D eigenvalue weighted by atomic mass is 10.0. The van der Waals surface area contributed by atoms with Gasteiger partial charge in [0.15, 0.2) is 0 Å². The Bertz CT molecular complexity index is 556. The zero-order valence-corrected chi connectivity index (χ0v) is 10.7. The molecule has 2 aliphatic rings. The van der Waals surface area contributed by atoms with Gasteiger partial charge in [-0.25, -0.2) is 4.98 Å². The van der Waals surface area contributed by atoms with Crippen molar-refractivity contribution in [3.8, 4) is 0 Å². The SMILES string of the molecule is Clc1cc2nc(C3CC4CC4C3)[nH]c2cc1Cl. The molecule has 2 unspecified atom stereocenters. The first-order valence-electron chi connectivity index (χ1n) is 6.05. The second-order valence-electron chi connectivity index (χ2n) is 5.33. The Morgan fingerprint density at radius 2 is 1.76 bits per heavy atom. The lowest BCUT2D eigenvalue weighted by Gasteiger charge is -2.06. The molecule has 17 heavy (non-hydrogen) atoms. The predicted octanol–water partition coefficient (Wildman–Crippen LogP) is 4.38. The number of hydrogen-bond donors (Lipinski definition) is 1. The van der Waals surface area contributed by atoms with E-state index in [0.29, 0.717) is 16.0 Å². The van der Waals surface area contributed by atoms with Crippen molar-refractivity contribution in [2.45, 2.75) is 25.2 Å². The van der Waals surface area contributed by atoms with Crippen molar-refractivity contribution in [2.75, 3.05) is 0 Å². The van der Waals surface area contributed by atoms with E-state index in [-0.39, 0.29) is 0 Å². The molecule has 0 amide bonds. The van der Waals surface area contributed by atoms with E-state index in [9.17, 15) is 0 Å². The summed E-state index contributed by atoms with van der Waals surface area (Å²) < 4.78 is 0. The molecule has 2 aliphatic carbocycles. The van der Waals surface area contributed by atoms with Crippen molar-refractivity contribution < 1.29 is 0 Å². The summed E-state index contributed by atoms with van der Waals surface area (Å²) in [7, 11) is 0. The number of rotatable bonds is 1. The summed E-state index contributed by atoms with van der Waals surface area (Å²) in [4.78, 5) is 8.05. The third-order valence-electron chi connectivity index (χ3n) is 4.17. The number of halogens is 2. The topological polar surface area (TPSA) is 28.7 Å². The summed E-state index contributed by atoms with van der Waals surface area (Å²) >= 11 is 12.0. The first-order chi connectivity index (χ1) is 8.20. The van der Waals surface area contributed by atoms with Crippen LogP contribution in [0.3, 0.4) is 0 Å². The maximum atomic E-state index is 6.01. The molecule has 1 N–H and O–H groups in total. The first kappa shape index (κ1) is 10.2. The van der Waals surface area contributed by atoms with Crippen molar-refractivity contribution in [1.82, 2.24) is 9.97 Å². The Labute approximate surface area is 109 Å².